The zero-order chi connectivity index (χ0) is 24.8. The lowest BCUT2D eigenvalue weighted by Crippen LogP contribution is -2.45. The normalized spacial score (nSPS) is 16.0. The van der Waals surface area contributed by atoms with Crippen molar-refractivity contribution in [1.29, 1.82) is 0 Å². The van der Waals surface area contributed by atoms with Gasteiger partial charge in [0.2, 0.25) is 11.8 Å². The van der Waals surface area contributed by atoms with Crippen molar-refractivity contribution in [2.75, 3.05) is 12.3 Å². The van der Waals surface area contributed by atoms with Crippen LogP contribution in [0.5, 0.6) is 0 Å². The molecule has 0 bridgehead atoms. The number of carbonyl (C=O) groups is 2. The van der Waals surface area contributed by atoms with E-state index in [1.807, 2.05) is 41.8 Å². The number of nitrogens with one attached hydrogen (secondary N) is 2. The van der Waals surface area contributed by atoms with E-state index in [1.165, 1.54) is 11.8 Å². The number of aryl methyl sites for hydroxylation is 1. The Kier molecular flexibility index (Phi) is 8.70. The summed E-state index contributed by atoms with van der Waals surface area (Å²) in [7, 11) is 0. The number of carbonyl (C=O) groups excluding carboxylic acids is 2. The van der Waals surface area contributed by atoms with Gasteiger partial charge in [-0.25, -0.2) is 0 Å². The number of hydrogen-bond donors (Lipinski definition) is 2. The zero-order valence-electron chi connectivity index (χ0n) is 19.4. The Bertz CT molecular complexity index is 1200. The number of hydrogen-bond acceptors (Lipinski definition) is 5. The van der Waals surface area contributed by atoms with Crippen LogP contribution in [0.25, 0.3) is 17.1 Å². The molecule has 1 aliphatic rings. The lowest BCUT2D eigenvalue weighted by molar-refractivity contribution is -0.128. The Balaban J connectivity index is 1.44. The first-order valence-electron chi connectivity index (χ1n) is 11.6. The predicted octanol–water partition coefficient (Wildman–Crippen LogP) is 5.21. The van der Waals surface area contributed by atoms with Gasteiger partial charge in [-0.1, -0.05) is 64.8 Å². The van der Waals surface area contributed by atoms with E-state index in [-0.39, 0.29) is 11.8 Å². The summed E-state index contributed by atoms with van der Waals surface area (Å²) in [6.45, 7) is 2.71. The van der Waals surface area contributed by atoms with Crippen LogP contribution in [-0.2, 0) is 9.59 Å². The van der Waals surface area contributed by atoms with Gasteiger partial charge in [-0.15, -0.1) is 10.2 Å². The van der Waals surface area contributed by atoms with E-state index in [4.69, 9.17) is 23.2 Å². The molecule has 0 aliphatic carbocycles. The van der Waals surface area contributed by atoms with Crippen molar-refractivity contribution in [2.24, 2.45) is 0 Å². The fraction of sp³-hybridized carbons (Fsp3) is 0.360. The monoisotopic (exact) mass is 531 g/mol. The molecule has 35 heavy (non-hydrogen) atoms. The van der Waals surface area contributed by atoms with E-state index in [9.17, 15) is 9.59 Å². The maximum absolute atomic E-state index is 12.4. The minimum absolute atomic E-state index is 0.0939. The molecule has 1 aromatic heterocycles. The number of thioether (sulfide) groups is 1. The third-order valence-corrected chi connectivity index (χ3v) is 7.51. The molecule has 0 radical (unpaired) electrons. The molecule has 2 amide bonds. The first kappa shape index (κ1) is 25.5. The third-order valence-electron chi connectivity index (χ3n) is 5.75. The molecule has 2 heterocycles. The van der Waals surface area contributed by atoms with E-state index in [0.717, 1.165) is 29.7 Å². The summed E-state index contributed by atoms with van der Waals surface area (Å²) in [4.78, 5) is 24.4. The minimum Gasteiger partial charge on any atom is -0.354 e. The molecule has 0 spiro atoms. The summed E-state index contributed by atoms with van der Waals surface area (Å²) < 4.78 is 1.95. The molecule has 2 N–H and O–H groups in total. The van der Waals surface area contributed by atoms with Crippen LogP contribution in [-0.4, -0.2) is 44.9 Å². The smallest absolute Gasteiger partial charge is 0.242 e. The lowest BCUT2D eigenvalue weighted by Gasteiger charge is -2.15. The van der Waals surface area contributed by atoms with E-state index < -0.39 is 6.04 Å². The summed E-state index contributed by atoms with van der Waals surface area (Å²) in [5, 5.41) is 16.2. The SMILES string of the molecule is Cc1ccc(-c2nnc(SCCCC(=O)NC3CCCCNC3=O)n2-c2ccc(Cl)c(Cl)c2)cc1. The molecule has 7 nitrogen and oxygen atoms in total. The van der Waals surface area contributed by atoms with E-state index in [2.05, 4.69) is 20.8 Å². The van der Waals surface area contributed by atoms with Gasteiger partial charge in [0.25, 0.3) is 0 Å². The van der Waals surface area contributed by atoms with Gasteiger partial charge in [-0.3, -0.25) is 14.2 Å². The van der Waals surface area contributed by atoms with Crippen molar-refractivity contribution in [3.8, 4) is 17.1 Å². The zero-order valence-corrected chi connectivity index (χ0v) is 21.7. The van der Waals surface area contributed by atoms with Crippen molar-refractivity contribution in [3.05, 3.63) is 58.1 Å². The summed E-state index contributed by atoms with van der Waals surface area (Å²) >= 11 is 14.0. The molecule has 4 rings (SSSR count). The Labute approximate surface area is 219 Å². The van der Waals surface area contributed by atoms with Crippen molar-refractivity contribution in [1.82, 2.24) is 25.4 Å². The van der Waals surface area contributed by atoms with Crippen molar-refractivity contribution in [2.45, 2.75) is 50.2 Å². The minimum atomic E-state index is -0.438. The Morgan fingerprint density at radius 2 is 1.94 bits per heavy atom. The van der Waals surface area contributed by atoms with Crippen LogP contribution in [0.4, 0.5) is 0 Å². The highest BCUT2D eigenvalue weighted by molar-refractivity contribution is 7.99. The maximum atomic E-state index is 12.4. The number of benzene rings is 2. The molecule has 3 aromatic rings. The van der Waals surface area contributed by atoms with Gasteiger partial charge in [0, 0.05) is 24.3 Å². The molecule has 1 aliphatic heterocycles. The molecular weight excluding hydrogens is 505 g/mol. The topological polar surface area (TPSA) is 88.9 Å². The van der Waals surface area contributed by atoms with E-state index in [1.54, 1.807) is 12.1 Å². The third kappa shape index (κ3) is 6.57. The molecule has 0 saturated carbocycles. The van der Waals surface area contributed by atoms with Crippen LogP contribution in [0.2, 0.25) is 10.0 Å². The highest BCUT2D eigenvalue weighted by Gasteiger charge is 2.22. The second-order valence-corrected chi connectivity index (χ2v) is 10.3. The molecule has 10 heteroatoms. The Hall–Kier alpha value is -2.55. The number of aromatic nitrogens is 3. The first-order valence-corrected chi connectivity index (χ1v) is 13.3. The summed E-state index contributed by atoms with van der Waals surface area (Å²) in [6, 6.07) is 13.1. The second-order valence-electron chi connectivity index (χ2n) is 8.46. The number of halogens is 2. The van der Waals surface area contributed by atoms with Gasteiger partial charge in [0.05, 0.1) is 15.7 Å². The predicted molar refractivity (Wildman–Crippen MR) is 140 cm³/mol. The van der Waals surface area contributed by atoms with Gasteiger partial charge in [-0.2, -0.15) is 0 Å². The molecule has 1 fully saturated rings. The van der Waals surface area contributed by atoms with Crippen molar-refractivity contribution >= 4 is 46.8 Å². The molecule has 1 unspecified atom stereocenters. The largest absolute Gasteiger partial charge is 0.354 e. The molecule has 2 aromatic carbocycles. The van der Waals surface area contributed by atoms with Crippen molar-refractivity contribution < 1.29 is 9.59 Å². The lowest BCUT2D eigenvalue weighted by atomic mass is 10.1. The van der Waals surface area contributed by atoms with Gasteiger partial charge in [-0.05, 0) is 50.8 Å². The van der Waals surface area contributed by atoms with E-state index in [0.29, 0.717) is 52.6 Å². The van der Waals surface area contributed by atoms with Crippen LogP contribution >= 0.6 is 35.0 Å². The van der Waals surface area contributed by atoms with Gasteiger partial charge < -0.3 is 10.6 Å². The molecule has 1 saturated heterocycles. The fourth-order valence-electron chi connectivity index (χ4n) is 3.85. The highest BCUT2D eigenvalue weighted by Crippen LogP contribution is 2.31. The average molecular weight is 532 g/mol. The number of nitrogens with zero attached hydrogens (tertiary/aromatic N) is 3. The maximum Gasteiger partial charge on any atom is 0.242 e. The van der Waals surface area contributed by atoms with Crippen LogP contribution in [0.1, 0.15) is 37.7 Å². The molecule has 1 atom stereocenters. The standard InChI is InChI=1S/C25H27Cl2N5O2S/c1-16-7-9-17(10-8-16)23-30-31-25(32(23)18-11-12-19(26)20(27)15-18)35-14-4-6-22(33)29-21-5-2-3-13-28-24(21)34/h7-12,15,21H,2-6,13-14H2,1H3,(H,28,34)(H,29,33). The Morgan fingerprint density at radius 3 is 2.71 bits per heavy atom. The summed E-state index contributed by atoms with van der Waals surface area (Å²) in [5.74, 6) is 1.16. The van der Waals surface area contributed by atoms with Crippen LogP contribution in [0, 0.1) is 6.92 Å². The quantitative estimate of drug-likeness (QED) is 0.307. The Morgan fingerprint density at radius 1 is 1.14 bits per heavy atom. The van der Waals surface area contributed by atoms with Crippen LogP contribution in [0.3, 0.4) is 0 Å². The van der Waals surface area contributed by atoms with Gasteiger partial charge in [0.15, 0.2) is 11.0 Å². The van der Waals surface area contributed by atoms with Gasteiger partial charge >= 0.3 is 0 Å². The molecule has 184 valence electrons. The first-order chi connectivity index (χ1) is 16.9. The van der Waals surface area contributed by atoms with Gasteiger partial charge in [0.1, 0.15) is 6.04 Å². The van der Waals surface area contributed by atoms with E-state index >= 15 is 0 Å². The fourth-order valence-corrected chi connectivity index (χ4v) is 5.03. The summed E-state index contributed by atoms with van der Waals surface area (Å²) in [5.41, 5.74) is 2.89. The van der Waals surface area contributed by atoms with Crippen LogP contribution in [0.15, 0.2) is 47.6 Å². The van der Waals surface area contributed by atoms with Crippen LogP contribution < -0.4 is 10.6 Å². The highest BCUT2D eigenvalue weighted by atomic mass is 35.5. The average Bonchev–Trinajstić information content (AvgIpc) is 3.16. The number of amides is 2. The van der Waals surface area contributed by atoms with Crippen molar-refractivity contribution in [3.63, 3.8) is 0 Å². The summed E-state index contributed by atoms with van der Waals surface area (Å²) in [6.07, 6.45) is 3.52. The molecular formula is C25H27Cl2N5O2S. The second kappa shape index (κ2) is 11.9. The number of rotatable bonds is 8.